The second kappa shape index (κ2) is 6.56. The van der Waals surface area contributed by atoms with Gasteiger partial charge in [0.15, 0.2) is 0 Å². The van der Waals surface area contributed by atoms with Crippen molar-refractivity contribution in [2.75, 3.05) is 11.1 Å². The van der Waals surface area contributed by atoms with Crippen LogP contribution in [0.25, 0.3) is 0 Å². The maximum absolute atomic E-state index is 12.1. The lowest BCUT2D eigenvalue weighted by atomic mass is 10.3. The highest BCUT2D eigenvalue weighted by Crippen LogP contribution is 2.24. The molecule has 0 bridgehead atoms. The molecule has 1 aromatic carbocycles. The standard InChI is InChI=1S/C14H17BrN4O/c1-2-3-13-17-6-7-19(13)9-14(20)18-12-5-4-10(16)8-11(12)15/h4-8H,2-3,9,16H2,1H3,(H,18,20). The zero-order valence-corrected chi connectivity index (χ0v) is 12.9. The van der Waals surface area contributed by atoms with Gasteiger partial charge in [-0.1, -0.05) is 6.92 Å². The Kier molecular flexibility index (Phi) is 4.79. The molecule has 1 aromatic heterocycles. The largest absolute Gasteiger partial charge is 0.399 e. The maximum atomic E-state index is 12.1. The zero-order chi connectivity index (χ0) is 14.5. The van der Waals surface area contributed by atoms with E-state index in [1.807, 2.05) is 10.8 Å². The summed E-state index contributed by atoms with van der Waals surface area (Å²) in [6.45, 7) is 2.34. The van der Waals surface area contributed by atoms with E-state index in [-0.39, 0.29) is 12.5 Å². The number of halogens is 1. The fraction of sp³-hybridized carbons (Fsp3) is 0.286. The quantitative estimate of drug-likeness (QED) is 0.824. The van der Waals surface area contributed by atoms with Crippen LogP contribution in [0.2, 0.25) is 0 Å². The van der Waals surface area contributed by atoms with Gasteiger partial charge in [0.05, 0.1) is 5.69 Å². The molecule has 0 aliphatic rings. The van der Waals surface area contributed by atoms with E-state index in [1.165, 1.54) is 0 Å². The van der Waals surface area contributed by atoms with Crippen LogP contribution >= 0.6 is 15.9 Å². The van der Waals surface area contributed by atoms with Gasteiger partial charge in [-0.2, -0.15) is 0 Å². The fourth-order valence-electron chi connectivity index (χ4n) is 1.91. The molecule has 20 heavy (non-hydrogen) atoms. The first-order valence-corrected chi connectivity index (χ1v) is 7.24. The monoisotopic (exact) mass is 336 g/mol. The third-order valence-electron chi connectivity index (χ3n) is 2.86. The van der Waals surface area contributed by atoms with Crippen LogP contribution in [0.1, 0.15) is 19.2 Å². The lowest BCUT2D eigenvalue weighted by molar-refractivity contribution is -0.116. The second-order valence-electron chi connectivity index (χ2n) is 4.51. The Morgan fingerprint density at radius 1 is 1.50 bits per heavy atom. The predicted molar refractivity (Wildman–Crippen MR) is 83.4 cm³/mol. The highest BCUT2D eigenvalue weighted by Gasteiger charge is 2.09. The van der Waals surface area contributed by atoms with E-state index >= 15 is 0 Å². The maximum Gasteiger partial charge on any atom is 0.244 e. The van der Waals surface area contributed by atoms with Gasteiger partial charge in [0.2, 0.25) is 5.91 Å². The van der Waals surface area contributed by atoms with Crippen molar-refractivity contribution in [1.82, 2.24) is 9.55 Å². The van der Waals surface area contributed by atoms with Crippen LogP contribution in [0.4, 0.5) is 11.4 Å². The normalized spacial score (nSPS) is 10.5. The molecule has 0 atom stereocenters. The Hall–Kier alpha value is -1.82. The fourth-order valence-corrected chi connectivity index (χ4v) is 2.41. The van der Waals surface area contributed by atoms with E-state index in [2.05, 4.69) is 33.2 Å². The number of rotatable bonds is 5. The number of aromatic nitrogens is 2. The van der Waals surface area contributed by atoms with Gasteiger partial charge < -0.3 is 15.6 Å². The van der Waals surface area contributed by atoms with Crippen molar-refractivity contribution in [3.05, 3.63) is 40.9 Å². The van der Waals surface area contributed by atoms with Crippen LogP contribution in [-0.4, -0.2) is 15.5 Å². The number of benzene rings is 1. The highest BCUT2D eigenvalue weighted by atomic mass is 79.9. The molecule has 5 nitrogen and oxygen atoms in total. The summed E-state index contributed by atoms with van der Waals surface area (Å²) in [5, 5.41) is 2.86. The van der Waals surface area contributed by atoms with Gasteiger partial charge in [0, 0.05) is 29.0 Å². The minimum absolute atomic E-state index is 0.0918. The number of nitrogens with zero attached hydrogens (tertiary/aromatic N) is 2. The first-order chi connectivity index (χ1) is 9.60. The molecule has 1 amide bonds. The topological polar surface area (TPSA) is 72.9 Å². The van der Waals surface area contributed by atoms with E-state index in [1.54, 1.807) is 24.4 Å². The number of nitrogens with two attached hydrogens (primary N) is 1. The zero-order valence-electron chi connectivity index (χ0n) is 11.3. The van der Waals surface area contributed by atoms with Crippen molar-refractivity contribution < 1.29 is 4.79 Å². The van der Waals surface area contributed by atoms with Crippen molar-refractivity contribution in [3.63, 3.8) is 0 Å². The summed E-state index contributed by atoms with van der Waals surface area (Å²) in [6, 6.07) is 5.29. The molecule has 0 fully saturated rings. The molecular formula is C14H17BrN4O. The summed E-state index contributed by atoms with van der Waals surface area (Å²) >= 11 is 3.38. The number of nitrogens with one attached hydrogen (secondary N) is 1. The summed E-state index contributed by atoms with van der Waals surface area (Å²) in [7, 11) is 0. The van der Waals surface area contributed by atoms with Gasteiger partial charge in [-0.3, -0.25) is 4.79 Å². The molecule has 0 aliphatic carbocycles. The molecule has 0 aliphatic heterocycles. The van der Waals surface area contributed by atoms with E-state index in [0.717, 1.165) is 23.1 Å². The molecule has 0 saturated heterocycles. The summed E-state index contributed by atoms with van der Waals surface area (Å²) in [6.07, 6.45) is 5.41. The molecule has 2 rings (SSSR count). The Bertz CT molecular complexity index is 609. The summed E-state index contributed by atoms with van der Waals surface area (Å²) < 4.78 is 2.63. The van der Waals surface area contributed by atoms with Gasteiger partial charge in [-0.25, -0.2) is 4.98 Å². The van der Waals surface area contributed by atoms with Gasteiger partial charge in [0.25, 0.3) is 0 Å². The minimum atomic E-state index is -0.0918. The Morgan fingerprint density at radius 2 is 2.30 bits per heavy atom. The Labute approximate surface area is 126 Å². The molecule has 106 valence electrons. The third kappa shape index (κ3) is 3.60. The third-order valence-corrected chi connectivity index (χ3v) is 3.51. The first kappa shape index (κ1) is 14.6. The highest BCUT2D eigenvalue weighted by molar-refractivity contribution is 9.10. The number of aryl methyl sites for hydroxylation is 1. The number of hydrogen-bond acceptors (Lipinski definition) is 3. The van der Waals surface area contributed by atoms with Gasteiger partial charge in [-0.05, 0) is 40.5 Å². The van der Waals surface area contributed by atoms with Crippen molar-refractivity contribution in [3.8, 4) is 0 Å². The molecule has 0 spiro atoms. The number of hydrogen-bond donors (Lipinski definition) is 2. The number of carbonyl (C=O) groups excluding carboxylic acids is 1. The molecule has 0 saturated carbocycles. The molecule has 6 heteroatoms. The second-order valence-corrected chi connectivity index (χ2v) is 5.36. The van der Waals surface area contributed by atoms with Crippen molar-refractivity contribution >= 4 is 33.2 Å². The van der Waals surface area contributed by atoms with Crippen LogP contribution < -0.4 is 11.1 Å². The number of amides is 1. The number of anilines is 2. The molecule has 2 aromatic rings. The summed E-state index contributed by atoms with van der Waals surface area (Å²) in [5.74, 6) is 0.838. The van der Waals surface area contributed by atoms with E-state index in [9.17, 15) is 4.79 Å². The summed E-state index contributed by atoms with van der Waals surface area (Å²) in [5.41, 5.74) is 7.02. The smallest absolute Gasteiger partial charge is 0.244 e. The van der Waals surface area contributed by atoms with Crippen molar-refractivity contribution in [1.29, 1.82) is 0 Å². The van der Waals surface area contributed by atoms with E-state index in [4.69, 9.17) is 5.73 Å². The van der Waals surface area contributed by atoms with Gasteiger partial charge >= 0.3 is 0 Å². The average molecular weight is 337 g/mol. The molecule has 3 N–H and O–H groups in total. The van der Waals surface area contributed by atoms with Gasteiger partial charge in [0.1, 0.15) is 12.4 Å². The van der Waals surface area contributed by atoms with Crippen LogP contribution in [0.5, 0.6) is 0 Å². The van der Waals surface area contributed by atoms with Crippen LogP contribution in [0, 0.1) is 0 Å². The lowest BCUT2D eigenvalue weighted by Gasteiger charge is -2.10. The van der Waals surface area contributed by atoms with E-state index in [0.29, 0.717) is 11.4 Å². The Balaban J connectivity index is 2.03. The van der Waals surface area contributed by atoms with Crippen LogP contribution in [-0.2, 0) is 17.8 Å². The van der Waals surface area contributed by atoms with Crippen LogP contribution in [0.3, 0.4) is 0 Å². The first-order valence-electron chi connectivity index (χ1n) is 6.45. The van der Waals surface area contributed by atoms with Crippen molar-refractivity contribution in [2.45, 2.75) is 26.3 Å². The summed E-state index contributed by atoms with van der Waals surface area (Å²) in [4.78, 5) is 16.3. The van der Waals surface area contributed by atoms with Crippen molar-refractivity contribution in [2.24, 2.45) is 0 Å². The molecule has 0 radical (unpaired) electrons. The lowest BCUT2D eigenvalue weighted by Crippen LogP contribution is -2.20. The van der Waals surface area contributed by atoms with E-state index < -0.39 is 0 Å². The number of imidazole rings is 1. The molecule has 0 unspecified atom stereocenters. The SMILES string of the molecule is CCCc1nccn1CC(=O)Nc1ccc(N)cc1Br. The van der Waals surface area contributed by atoms with Crippen LogP contribution in [0.15, 0.2) is 35.1 Å². The average Bonchev–Trinajstić information content (AvgIpc) is 2.81. The Morgan fingerprint density at radius 3 is 3.00 bits per heavy atom. The van der Waals surface area contributed by atoms with Gasteiger partial charge in [-0.15, -0.1) is 0 Å². The predicted octanol–water partition coefficient (Wildman–Crippen LogP) is 2.82. The minimum Gasteiger partial charge on any atom is -0.399 e. The molecule has 1 heterocycles. The number of carbonyl (C=O) groups is 1. The number of nitrogen functional groups attached to an aromatic ring is 1. The molecular weight excluding hydrogens is 320 g/mol.